The van der Waals surface area contributed by atoms with Crippen molar-refractivity contribution < 1.29 is 9.53 Å². The molecule has 0 bridgehead atoms. The third-order valence-electron chi connectivity index (χ3n) is 3.64. The Balaban J connectivity index is 1.98. The summed E-state index contributed by atoms with van der Waals surface area (Å²) >= 11 is 5.90. The van der Waals surface area contributed by atoms with Crippen LogP contribution in [0.1, 0.15) is 33.1 Å². The zero-order valence-corrected chi connectivity index (χ0v) is 11.5. The molecular weight excluding hydrogens is 238 g/mol. The highest BCUT2D eigenvalue weighted by Crippen LogP contribution is 2.33. The third-order valence-corrected chi connectivity index (χ3v) is 4.31. The van der Waals surface area contributed by atoms with E-state index in [2.05, 4.69) is 4.90 Å². The Morgan fingerprint density at radius 2 is 2.12 bits per heavy atom. The predicted molar refractivity (Wildman–Crippen MR) is 68.2 cm³/mol. The molecule has 0 spiro atoms. The fourth-order valence-electron chi connectivity index (χ4n) is 2.24. The summed E-state index contributed by atoms with van der Waals surface area (Å²) < 4.78 is 5.39. The standard InChI is InChI=1S/C13H22ClNO2/c1-13(2,9-14)12(16)15(11-3-4-11)7-10-5-6-17-8-10/h10-11H,3-9H2,1-2H3. The lowest BCUT2D eigenvalue weighted by Crippen LogP contribution is -2.45. The van der Waals surface area contributed by atoms with Gasteiger partial charge in [0.2, 0.25) is 5.91 Å². The molecule has 1 saturated carbocycles. The molecule has 2 fully saturated rings. The number of hydrogen-bond acceptors (Lipinski definition) is 2. The van der Waals surface area contributed by atoms with E-state index in [0.29, 0.717) is 17.8 Å². The van der Waals surface area contributed by atoms with Crippen LogP contribution in [0.4, 0.5) is 0 Å². The maximum absolute atomic E-state index is 12.5. The second kappa shape index (κ2) is 5.15. The minimum Gasteiger partial charge on any atom is -0.381 e. The van der Waals surface area contributed by atoms with E-state index in [1.165, 1.54) is 0 Å². The highest BCUT2D eigenvalue weighted by molar-refractivity contribution is 6.19. The summed E-state index contributed by atoms with van der Waals surface area (Å²) in [6.07, 6.45) is 3.38. The SMILES string of the molecule is CC(C)(CCl)C(=O)N(CC1CCOC1)C1CC1. The van der Waals surface area contributed by atoms with Crippen molar-refractivity contribution in [2.45, 2.75) is 39.2 Å². The van der Waals surface area contributed by atoms with Gasteiger partial charge in [-0.1, -0.05) is 0 Å². The van der Waals surface area contributed by atoms with E-state index >= 15 is 0 Å². The molecule has 0 aromatic heterocycles. The fraction of sp³-hybridized carbons (Fsp3) is 0.923. The van der Waals surface area contributed by atoms with Crippen LogP contribution >= 0.6 is 11.6 Å². The Bertz CT molecular complexity index is 283. The van der Waals surface area contributed by atoms with Crippen molar-refractivity contribution in [3.05, 3.63) is 0 Å². The lowest BCUT2D eigenvalue weighted by atomic mass is 9.93. The maximum Gasteiger partial charge on any atom is 0.229 e. The first-order valence-electron chi connectivity index (χ1n) is 6.49. The lowest BCUT2D eigenvalue weighted by molar-refractivity contribution is -0.140. The summed E-state index contributed by atoms with van der Waals surface area (Å²) in [6.45, 7) is 6.36. The van der Waals surface area contributed by atoms with Crippen molar-refractivity contribution in [2.24, 2.45) is 11.3 Å². The van der Waals surface area contributed by atoms with Gasteiger partial charge in [-0.2, -0.15) is 0 Å². The molecular formula is C13H22ClNO2. The number of carbonyl (C=O) groups excluding carboxylic acids is 1. The monoisotopic (exact) mass is 259 g/mol. The lowest BCUT2D eigenvalue weighted by Gasteiger charge is -2.32. The van der Waals surface area contributed by atoms with Crippen LogP contribution in [0.3, 0.4) is 0 Å². The topological polar surface area (TPSA) is 29.5 Å². The highest BCUT2D eigenvalue weighted by Gasteiger charge is 2.40. The van der Waals surface area contributed by atoms with Crippen LogP contribution in [0, 0.1) is 11.3 Å². The number of ether oxygens (including phenoxy) is 1. The minimum atomic E-state index is -0.441. The predicted octanol–water partition coefficient (Wildman–Crippen LogP) is 2.28. The largest absolute Gasteiger partial charge is 0.381 e. The number of alkyl halides is 1. The Morgan fingerprint density at radius 3 is 2.59 bits per heavy atom. The van der Waals surface area contributed by atoms with Crippen molar-refractivity contribution in [3.63, 3.8) is 0 Å². The quantitative estimate of drug-likeness (QED) is 0.709. The molecule has 1 atom stereocenters. The molecule has 1 aliphatic carbocycles. The van der Waals surface area contributed by atoms with Crippen molar-refractivity contribution in [1.29, 1.82) is 0 Å². The van der Waals surface area contributed by atoms with Crippen molar-refractivity contribution in [2.75, 3.05) is 25.6 Å². The van der Waals surface area contributed by atoms with Gasteiger partial charge >= 0.3 is 0 Å². The summed E-state index contributed by atoms with van der Waals surface area (Å²) in [6, 6.07) is 0.464. The number of nitrogens with zero attached hydrogens (tertiary/aromatic N) is 1. The highest BCUT2D eigenvalue weighted by atomic mass is 35.5. The van der Waals surface area contributed by atoms with Gasteiger partial charge in [-0.25, -0.2) is 0 Å². The molecule has 4 heteroatoms. The molecule has 0 aromatic rings. The molecule has 1 aliphatic heterocycles. The van der Waals surface area contributed by atoms with Gasteiger partial charge in [0.25, 0.3) is 0 Å². The third kappa shape index (κ3) is 3.14. The van der Waals surface area contributed by atoms with Gasteiger partial charge in [0, 0.05) is 31.0 Å². The molecule has 17 heavy (non-hydrogen) atoms. The van der Waals surface area contributed by atoms with E-state index in [1.54, 1.807) is 0 Å². The molecule has 1 amide bonds. The van der Waals surface area contributed by atoms with Crippen molar-refractivity contribution in [1.82, 2.24) is 4.90 Å². The van der Waals surface area contributed by atoms with Crippen molar-refractivity contribution >= 4 is 17.5 Å². The van der Waals surface area contributed by atoms with Gasteiger partial charge in [0.05, 0.1) is 12.0 Å². The Hall–Kier alpha value is -0.280. The van der Waals surface area contributed by atoms with Gasteiger partial charge in [0.15, 0.2) is 0 Å². The van der Waals surface area contributed by atoms with Crippen LogP contribution in [-0.2, 0) is 9.53 Å². The van der Waals surface area contributed by atoms with E-state index < -0.39 is 5.41 Å². The summed E-state index contributed by atoms with van der Waals surface area (Å²) in [7, 11) is 0. The normalized spacial score (nSPS) is 25.0. The Morgan fingerprint density at radius 1 is 1.41 bits per heavy atom. The molecule has 2 rings (SSSR count). The van der Waals surface area contributed by atoms with Gasteiger partial charge in [0.1, 0.15) is 0 Å². The van der Waals surface area contributed by atoms with Crippen LogP contribution in [0.2, 0.25) is 0 Å². The molecule has 1 heterocycles. The second-order valence-electron chi connectivity index (χ2n) is 5.94. The molecule has 0 aromatic carbocycles. The average Bonchev–Trinajstić information content (AvgIpc) is 3.03. The average molecular weight is 260 g/mol. The molecule has 1 unspecified atom stereocenters. The van der Waals surface area contributed by atoms with Gasteiger partial charge in [-0.3, -0.25) is 4.79 Å². The van der Waals surface area contributed by atoms with Crippen LogP contribution in [0.15, 0.2) is 0 Å². The van der Waals surface area contributed by atoms with E-state index in [9.17, 15) is 4.79 Å². The summed E-state index contributed by atoms with van der Waals surface area (Å²) in [4.78, 5) is 14.5. The first-order chi connectivity index (χ1) is 8.04. The first-order valence-corrected chi connectivity index (χ1v) is 7.03. The van der Waals surface area contributed by atoms with E-state index in [1.807, 2.05) is 13.8 Å². The van der Waals surface area contributed by atoms with E-state index in [0.717, 1.165) is 39.0 Å². The van der Waals surface area contributed by atoms with Crippen molar-refractivity contribution in [3.8, 4) is 0 Å². The zero-order valence-electron chi connectivity index (χ0n) is 10.7. The molecule has 0 radical (unpaired) electrons. The van der Waals surface area contributed by atoms with Gasteiger partial charge < -0.3 is 9.64 Å². The second-order valence-corrected chi connectivity index (χ2v) is 6.20. The number of amides is 1. The van der Waals surface area contributed by atoms with E-state index in [-0.39, 0.29) is 5.91 Å². The number of carbonyl (C=O) groups is 1. The molecule has 3 nitrogen and oxygen atoms in total. The molecule has 0 N–H and O–H groups in total. The number of halogens is 1. The summed E-state index contributed by atoms with van der Waals surface area (Å²) in [5, 5.41) is 0. The summed E-state index contributed by atoms with van der Waals surface area (Å²) in [5.41, 5.74) is -0.441. The Labute approximate surface area is 108 Å². The van der Waals surface area contributed by atoms with E-state index in [4.69, 9.17) is 16.3 Å². The minimum absolute atomic E-state index is 0.210. The number of hydrogen-bond donors (Lipinski definition) is 0. The maximum atomic E-state index is 12.5. The van der Waals surface area contributed by atoms with Crippen LogP contribution < -0.4 is 0 Å². The molecule has 2 aliphatic rings. The van der Waals surface area contributed by atoms with Crippen LogP contribution in [0.25, 0.3) is 0 Å². The fourth-order valence-corrected chi connectivity index (χ4v) is 2.35. The number of rotatable bonds is 5. The smallest absolute Gasteiger partial charge is 0.229 e. The summed E-state index contributed by atoms with van der Waals surface area (Å²) in [5.74, 6) is 1.11. The molecule has 1 saturated heterocycles. The van der Waals surface area contributed by atoms with Crippen LogP contribution in [-0.4, -0.2) is 42.5 Å². The first kappa shape index (κ1) is 13.2. The van der Waals surface area contributed by atoms with Gasteiger partial charge in [-0.05, 0) is 33.1 Å². The van der Waals surface area contributed by atoms with Crippen LogP contribution in [0.5, 0.6) is 0 Å². The zero-order chi connectivity index (χ0) is 12.5. The van der Waals surface area contributed by atoms with Gasteiger partial charge in [-0.15, -0.1) is 11.6 Å². The molecule has 98 valence electrons. The Kier molecular flexibility index (Phi) is 3.99.